The highest BCUT2D eigenvalue weighted by atomic mass is 16.6. The number of allylic oxidation sites excluding steroid dienone is 8. The molecule has 0 aromatic rings. The molecule has 0 bridgehead atoms. The molecule has 0 radical (unpaired) electrons. The maximum atomic E-state index is 12.6. The van der Waals surface area contributed by atoms with Crippen molar-refractivity contribution in [1.82, 2.24) is 0 Å². The maximum Gasteiger partial charge on any atom is 0.306 e. The van der Waals surface area contributed by atoms with E-state index >= 15 is 0 Å². The van der Waals surface area contributed by atoms with Gasteiger partial charge in [0.25, 0.3) is 0 Å². The molecule has 0 aromatic heterocycles. The van der Waals surface area contributed by atoms with Crippen LogP contribution in [0.4, 0.5) is 0 Å². The largest absolute Gasteiger partial charge is 0.462 e. The van der Waals surface area contributed by atoms with E-state index in [1.165, 1.54) is 89.9 Å². The van der Waals surface area contributed by atoms with Crippen molar-refractivity contribution >= 4 is 17.9 Å². The van der Waals surface area contributed by atoms with Crippen LogP contribution in [0.1, 0.15) is 201 Å². The van der Waals surface area contributed by atoms with E-state index in [-0.39, 0.29) is 44.0 Å². The highest BCUT2D eigenvalue weighted by Gasteiger charge is 2.19. The molecule has 0 spiro atoms. The lowest BCUT2D eigenvalue weighted by Crippen LogP contribution is -2.30. The second kappa shape index (κ2) is 40.1. The van der Waals surface area contributed by atoms with Gasteiger partial charge in [0.15, 0.2) is 6.10 Å². The van der Waals surface area contributed by atoms with Gasteiger partial charge in [0, 0.05) is 19.3 Å². The molecular weight excluding hydrogens is 636 g/mol. The van der Waals surface area contributed by atoms with E-state index in [9.17, 15) is 14.4 Å². The minimum atomic E-state index is -0.803. The van der Waals surface area contributed by atoms with Gasteiger partial charge in [-0.2, -0.15) is 0 Å². The van der Waals surface area contributed by atoms with Crippen LogP contribution >= 0.6 is 0 Å². The van der Waals surface area contributed by atoms with Crippen LogP contribution in [0.25, 0.3) is 0 Å². The highest BCUT2D eigenvalue weighted by molar-refractivity contribution is 5.71. The lowest BCUT2D eigenvalue weighted by atomic mass is 10.1. The molecule has 0 heterocycles. The Hall–Kier alpha value is -2.63. The van der Waals surface area contributed by atoms with Crippen molar-refractivity contribution in [1.29, 1.82) is 0 Å². The average Bonchev–Trinajstić information content (AvgIpc) is 3.12. The standard InChI is InChI=1S/C45H78O6/c1-4-7-10-13-16-19-21-22-24-26-29-32-35-38-44(47)50-41-42(40-49-43(46)37-34-31-28-25-18-15-12-9-6-3)51-45(48)39-36-33-30-27-23-20-17-14-11-8-5-2/h14,17,20,22-24,29,32,42H,4-13,15-16,18-19,21,25-28,30-31,33-41H2,1-3H3/b17-14-,23-20-,24-22-,32-29-. The van der Waals surface area contributed by atoms with Gasteiger partial charge in [-0.25, -0.2) is 0 Å². The van der Waals surface area contributed by atoms with Crippen molar-refractivity contribution in [2.24, 2.45) is 0 Å². The van der Waals surface area contributed by atoms with Gasteiger partial charge in [-0.1, -0.05) is 172 Å². The normalized spacial score (nSPS) is 12.5. The van der Waals surface area contributed by atoms with Crippen LogP contribution < -0.4 is 0 Å². The number of hydrogen-bond acceptors (Lipinski definition) is 6. The number of rotatable bonds is 37. The Labute approximate surface area is 314 Å². The van der Waals surface area contributed by atoms with Crippen LogP contribution in [0.2, 0.25) is 0 Å². The molecule has 0 rings (SSSR count). The van der Waals surface area contributed by atoms with Gasteiger partial charge in [0.2, 0.25) is 0 Å². The predicted octanol–water partition coefficient (Wildman–Crippen LogP) is 13.2. The van der Waals surface area contributed by atoms with E-state index in [4.69, 9.17) is 14.2 Å². The molecule has 51 heavy (non-hydrogen) atoms. The fourth-order valence-corrected chi connectivity index (χ4v) is 5.59. The molecule has 0 N–H and O–H groups in total. The van der Waals surface area contributed by atoms with Gasteiger partial charge in [-0.05, 0) is 57.8 Å². The van der Waals surface area contributed by atoms with E-state index in [0.717, 1.165) is 64.2 Å². The van der Waals surface area contributed by atoms with Gasteiger partial charge in [0.05, 0.1) is 0 Å². The topological polar surface area (TPSA) is 78.9 Å². The molecule has 0 amide bonds. The average molecular weight is 715 g/mol. The van der Waals surface area contributed by atoms with Crippen molar-refractivity contribution in [3.8, 4) is 0 Å². The summed E-state index contributed by atoms with van der Waals surface area (Å²) in [5.41, 5.74) is 0. The third-order valence-corrected chi connectivity index (χ3v) is 8.85. The summed E-state index contributed by atoms with van der Waals surface area (Å²) in [4.78, 5) is 37.5. The van der Waals surface area contributed by atoms with Gasteiger partial charge in [-0.3, -0.25) is 14.4 Å². The quantitative estimate of drug-likeness (QED) is 0.0209. The maximum absolute atomic E-state index is 12.6. The number of ether oxygens (including phenoxy) is 3. The fourth-order valence-electron chi connectivity index (χ4n) is 5.59. The number of carbonyl (C=O) groups excluding carboxylic acids is 3. The highest BCUT2D eigenvalue weighted by Crippen LogP contribution is 2.12. The summed E-state index contributed by atoms with van der Waals surface area (Å²) in [7, 11) is 0. The fraction of sp³-hybridized carbons (Fsp3) is 0.756. The van der Waals surface area contributed by atoms with Crippen LogP contribution in [0.15, 0.2) is 48.6 Å². The molecule has 0 saturated carbocycles. The minimum absolute atomic E-state index is 0.100. The Bertz CT molecular complexity index is 918. The lowest BCUT2D eigenvalue weighted by Gasteiger charge is -2.18. The van der Waals surface area contributed by atoms with Crippen LogP contribution in [-0.2, 0) is 28.6 Å². The molecule has 0 aromatic carbocycles. The monoisotopic (exact) mass is 715 g/mol. The van der Waals surface area contributed by atoms with E-state index in [1.807, 2.05) is 6.08 Å². The zero-order valence-electron chi connectivity index (χ0n) is 33.4. The van der Waals surface area contributed by atoms with Gasteiger partial charge < -0.3 is 14.2 Å². The van der Waals surface area contributed by atoms with Crippen molar-refractivity contribution in [3.63, 3.8) is 0 Å². The van der Waals surface area contributed by atoms with Crippen LogP contribution in [0.3, 0.4) is 0 Å². The summed E-state index contributed by atoms with van der Waals surface area (Å²) >= 11 is 0. The van der Waals surface area contributed by atoms with Crippen LogP contribution in [0, 0.1) is 0 Å². The number of esters is 3. The Balaban J connectivity index is 4.49. The lowest BCUT2D eigenvalue weighted by molar-refractivity contribution is -0.166. The number of carbonyl (C=O) groups is 3. The third kappa shape index (κ3) is 38.4. The Morgan fingerprint density at radius 2 is 0.824 bits per heavy atom. The molecule has 0 saturated heterocycles. The molecule has 6 nitrogen and oxygen atoms in total. The van der Waals surface area contributed by atoms with Gasteiger partial charge in [0.1, 0.15) is 13.2 Å². The summed E-state index contributed by atoms with van der Waals surface area (Å²) < 4.78 is 16.5. The zero-order valence-corrected chi connectivity index (χ0v) is 33.4. The van der Waals surface area contributed by atoms with Crippen molar-refractivity contribution in [3.05, 3.63) is 48.6 Å². The molecule has 0 aliphatic heterocycles. The Kier molecular flexibility index (Phi) is 38.1. The first-order valence-electron chi connectivity index (χ1n) is 21.2. The first-order chi connectivity index (χ1) is 25.0. The van der Waals surface area contributed by atoms with Crippen molar-refractivity contribution < 1.29 is 28.6 Å². The van der Waals surface area contributed by atoms with Gasteiger partial charge in [-0.15, -0.1) is 0 Å². The van der Waals surface area contributed by atoms with Crippen molar-refractivity contribution in [2.75, 3.05) is 13.2 Å². The summed E-state index contributed by atoms with van der Waals surface area (Å²) in [6.45, 7) is 6.45. The summed E-state index contributed by atoms with van der Waals surface area (Å²) in [5, 5.41) is 0. The summed E-state index contributed by atoms with van der Waals surface area (Å²) in [6.07, 6.45) is 45.4. The molecule has 1 atom stereocenters. The van der Waals surface area contributed by atoms with E-state index in [2.05, 4.69) is 63.3 Å². The Morgan fingerprint density at radius 1 is 0.412 bits per heavy atom. The smallest absolute Gasteiger partial charge is 0.306 e. The molecule has 294 valence electrons. The van der Waals surface area contributed by atoms with E-state index in [1.54, 1.807) is 0 Å². The predicted molar refractivity (Wildman–Crippen MR) is 215 cm³/mol. The van der Waals surface area contributed by atoms with Crippen LogP contribution in [0.5, 0.6) is 0 Å². The minimum Gasteiger partial charge on any atom is -0.462 e. The zero-order chi connectivity index (χ0) is 37.3. The third-order valence-electron chi connectivity index (χ3n) is 8.85. The van der Waals surface area contributed by atoms with Crippen LogP contribution in [-0.4, -0.2) is 37.2 Å². The molecule has 0 aliphatic carbocycles. The van der Waals surface area contributed by atoms with E-state index < -0.39 is 6.10 Å². The first kappa shape index (κ1) is 48.4. The summed E-state index contributed by atoms with van der Waals surface area (Å²) in [6, 6.07) is 0. The molecule has 0 aliphatic rings. The van der Waals surface area contributed by atoms with Gasteiger partial charge >= 0.3 is 17.9 Å². The number of hydrogen-bond donors (Lipinski definition) is 0. The first-order valence-corrected chi connectivity index (χ1v) is 21.2. The Morgan fingerprint density at radius 3 is 1.39 bits per heavy atom. The molecule has 1 unspecified atom stereocenters. The van der Waals surface area contributed by atoms with Crippen molar-refractivity contribution in [2.45, 2.75) is 207 Å². The summed E-state index contributed by atoms with van der Waals surface area (Å²) in [5.74, 6) is -1.01. The second-order valence-electron chi connectivity index (χ2n) is 13.9. The molecular formula is C45H78O6. The van der Waals surface area contributed by atoms with E-state index in [0.29, 0.717) is 12.8 Å². The SMILES string of the molecule is CCCC/C=C\C=C/CCCCCC(=O)OC(COC(=O)CC/C=C\C/C=C\CCCCCCCC)COC(=O)CCCCCCCCCCC. The number of unbranched alkanes of at least 4 members (excludes halogenated alkanes) is 19. The second-order valence-corrected chi connectivity index (χ2v) is 13.9. The molecule has 6 heteroatoms. The molecule has 0 fully saturated rings.